The summed E-state index contributed by atoms with van der Waals surface area (Å²) in [5.74, 6) is 0.0256. The van der Waals surface area contributed by atoms with Gasteiger partial charge in [-0.25, -0.2) is 13.2 Å². The molecule has 0 bridgehead atoms. The summed E-state index contributed by atoms with van der Waals surface area (Å²) in [4.78, 5) is 16.7. The monoisotopic (exact) mass is 370 g/mol. The molecule has 4 rings (SSSR count). The van der Waals surface area contributed by atoms with E-state index >= 15 is 0 Å². The number of aryl methyl sites for hydroxylation is 3. The van der Waals surface area contributed by atoms with Crippen molar-refractivity contribution < 1.29 is 13.2 Å². The molecule has 0 aliphatic carbocycles. The van der Waals surface area contributed by atoms with Crippen LogP contribution in [0.25, 0.3) is 0 Å². The number of fused-ring (bicyclic) bond motifs is 1. The number of sulfone groups is 1. The summed E-state index contributed by atoms with van der Waals surface area (Å²) in [7, 11) is -3.18. The minimum absolute atomic E-state index is 0.0126. The van der Waals surface area contributed by atoms with Crippen molar-refractivity contribution in [3.63, 3.8) is 0 Å². The second-order valence-corrected chi connectivity index (χ2v) is 9.44. The van der Waals surface area contributed by atoms with Gasteiger partial charge in [-0.2, -0.15) is 0 Å². The minimum atomic E-state index is -3.18. The van der Waals surface area contributed by atoms with E-state index in [0.29, 0.717) is 0 Å². The van der Waals surface area contributed by atoms with Crippen LogP contribution in [0.4, 0.5) is 16.2 Å². The molecule has 2 atom stereocenters. The lowest BCUT2D eigenvalue weighted by atomic mass is 10.1. The zero-order valence-electron chi connectivity index (χ0n) is 15.1. The first kappa shape index (κ1) is 17.1. The van der Waals surface area contributed by atoms with Crippen molar-refractivity contribution in [3.8, 4) is 0 Å². The molecule has 2 amide bonds. The standard InChI is InChI=1S/C20H22N2O3S/c1-13-8-9-16(10-15(13)3)21-18-11-26(24,25)12-19(18)22(20(21)23)17-7-5-4-6-14(17)2/h4-10,18-19H,11-12H2,1-3H3. The summed E-state index contributed by atoms with van der Waals surface area (Å²) in [6.07, 6.45) is 0. The quantitative estimate of drug-likeness (QED) is 0.763. The molecule has 2 unspecified atom stereocenters. The molecule has 0 aromatic heterocycles. The number of rotatable bonds is 2. The molecule has 2 aromatic carbocycles. The third kappa shape index (κ3) is 2.60. The van der Waals surface area contributed by atoms with Gasteiger partial charge in [0, 0.05) is 11.4 Å². The Bertz CT molecular complexity index is 1000. The van der Waals surface area contributed by atoms with E-state index < -0.39 is 9.84 Å². The molecule has 2 aliphatic rings. The van der Waals surface area contributed by atoms with Gasteiger partial charge in [0.1, 0.15) is 0 Å². The number of urea groups is 1. The molecule has 5 nitrogen and oxygen atoms in total. The van der Waals surface area contributed by atoms with Crippen LogP contribution < -0.4 is 9.80 Å². The van der Waals surface area contributed by atoms with Gasteiger partial charge in [0.15, 0.2) is 9.84 Å². The molecular formula is C20H22N2O3S. The van der Waals surface area contributed by atoms with E-state index in [1.54, 1.807) is 9.80 Å². The number of carbonyl (C=O) groups excluding carboxylic acids is 1. The number of nitrogens with zero attached hydrogens (tertiary/aromatic N) is 2. The molecule has 0 N–H and O–H groups in total. The Morgan fingerprint density at radius 1 is 0.846 bits per heavy atom. The van der Waals surface area contributed by atoms with E-state index in [1.165, 1.54) is 0 Å². The Labute approximate surface area is 154 Å². The molecule has 2 aliphatic heterocycles. The lowest BCUT2D eigenvalue weighted by molar-refractivity contribution is 0.255. The Balaban J connectivity index is 1.84. The number of hydrogen-bond donors (Lipinski definition) is 0. The molecular weight excluding hydrogens is 348 g/mol. The Hall–Kier alpha value is -2.34. The maximum absolute atomic E-state index is 13.3. The number of amides is 2. The highest BCUT2D eigenvalue weighted by Crippen LogP contribution is 2.39. The highest BCUT2D eigenvalue weighted by atomic mass is 32.2. The van der Waals surface area contributed by atoms with E-state index in [-0.39, 0.29) is 29.6 Å². The normalized spacial score (nSPS) is 24.2. The van der Waals surface area contributed by atoms with Crippen LogP contribution in [0, 0.1) is 20.8 Å². The van der Waals surface area contributed by atoms with Gasteiger partial charge in [-0.15, -0.1) is 0 Å². The third-order valence-corrected chi connectivity index (χ3v) is 7.21. The number of benzene rings is 2. The summed E-state index contributed by atoms with van der Waals surface area (Å²) >= 11 is 0. The van der Waals surface area contributed by atoms with Gasteiger partial charge < -0.3 is 0 Å². The van der Waals surface area contributed by atoms with Crippen LogP contribution in [0.2, 0.25) is 0 Å². The molecule has 136 valence electrons. The Kier molecular flexibility index (Phi) is 3.84. The number of carbonyl (C=O) groups is 1. The van der Waals surface area contributed by atoms with Crippen molar-refractivity contribution in [2.75, 3.05) is 21.3 Å². The van der Waals surface area contributed by atoms with Crippen molar-refractivity contribution in [1.29, 1.82) is 0 Å². The minimum Gasteiger partial charge on any atom is -0.288 e. The molecule has 2 saturated heterocycles. The summed E-state index contributed by atoms with van der Waals surface area (Å²) < 4.78 is 24.7. The molecule has 2 fully saturated rings. The van der Waals surface area contributed by atoms with Crippen molar-refractivity contribution >= 4 is 27.2 Å². The largest absolute Gasteiger partial charge is 0.329 e. The first-order valence-electron chi connectivity index (χ1n) is 8.74. The summed E-state index contributed by atoms with van der Waals surface area (Å²) in [6.45, 7) is 5.97. The first-order chi connectivity index (χ1) is 12.3. The maximum atomic E-state index is 13.3. The van der Waals surface area contributed by atoms with Gasteiger partial charge in [-0.05, 0) is 55.7 Å². The van der Waals surface area contributed by atoms with Crippen LogP contribution >= 0.6 is 0 Å². The average Bonchev–Trinajstić information content (AvgIpc) is 3.00. The summed E-state index contributed by atoms with van der Waals surface area (Å²) in [5, 5.41) is 0. The third-order valence-electron chi connectivity index (χ3n) is 5.51. The average molecular weight is 370 g/mol. The zero-order chi connectivity index (χ0) is 18.6. The molecule has 2 heterocycles. The van der Waals surface area contributed by atoms with E-state index in [2.05, 4.69) is 0 Å². The predicted molar refractivity (Wildman–Crippen MR) is 104 cm³/mol. The molecule has 0 radical (unpaired) electrons. The van der Waals surface area contributed by atoms with E-state index in [1.807, 2.05) is 63.2 Å². The first-order valence-corrected chi connectivity index (χ1v) is 10.6. The van der Waals surface area contributed by atoms with Crippen LogP contribution in [-0.2, 0) is 9.84 Å². The lowest BCUT2D eigenvalue weighted by Crippen LogP contribution is -2.38. The number of anilines is 2. The molecule has 2 aromatic rings. The topological polar surface area (TPSA) is 57.7 Å². The predicted octanol–water partition coefficient (Wildman–Crippen LogP) is 3.22. The second kappa shape index (κ2) is 5.84. The molecule has 26 heavy (non-hydrogen) atoms. The van der Waals surface area contributed by atoms with Gasteiger partial charge in [-0.3, -0.25) is 9.80 Å². The fourth-order valence-electron chi connectivity index (χ4n) is 4.00. The van der Waals surface area contributed by atoms with Gasteiger partial charge >= 0.3 is 6.03 Å². The van der Waals surface area contributed by atoms with E-state index in [0.717, 1.165) is 28.1 Å². The van der Waals surface area contributed by atoms with Gasteiger partial charge in [0.05, 0.1) is 23.6 Å². The maximum Gasteiger partial charge on any atom is 0.329 e. The van der Waals surface area contributed by atoms with Gasteiger partial charge in [0.2, 0.25) is 0 Å². The fraction of sp³-hybridized carbons (Fsp3) is 0.350. The fourth-order valence-corrected chi connectivity index (χ4v) is 5.92. The van der Waals surface area contributed by atoms with Crippen molar-refractivity contribution in [1.82, 2.24) is 0 Å². The van der Waals surface area contributed by atoms with Crippen molar-refractivity contribution in [2.45, 2.75) is 32.9 Å². The highest BCUT2D eigenvalue weighted by molar-refractivity contribution is 7.91. The SMILES string of the molecule is Cc1ccc(N2C(=O)N(c3ccccc3C)C3CS(=O)(=O)CC32)cc1C. The van der Waals surface area contributed by atoms with Crippen LogP contribution in [0.15, 0.2) is 42.5 Å². The second-order valence-electron chi connectivity index (χ2n) is 7.29. The smallest absolute Gasteiger partial charge is 0.288 e. The van der Waals surface area contributed by atoms with Gasteiger partial charge in [0.25, 0.3) is 0 Å². The number of para-hydroxylation sites is 1. The van der Waals surface area contributed by atoms with Crippen molar-refractivity contribution in [2.24, 2.45) is 0 Å². The number of hydrogen-bond acceptors (Lipinski definition) is 3. The Morgan fingerprint density at radius 3 is 2.15 bits per heavy atom. The van der Waals surface area contributed by atoms with Crippen LogP contribution in [0.3, 0.4) is 0 Å². The van der Waals surface area contributed by atoms with Crippen LogP contribution in [-0.4, -0.2) is 38.0 Å². The zero-order valence-corrected chi connectivity index (χ0v) is 16.0. The van der Waals surface area contributed by atoms with Crippen molar-refractivity contribution in [3.05, 3.63) is 59.2 Å². The molecule has 0 saturated carbocycles. The molecule has 6 heteroatoms. The highest BCUT2D eigenvalue weighted by Gasteiger charge is 2.54. The van der Waals surface area contributed by atoms with Gasteiger partial charge in [-0.1, -0.05) is 24.3 Å². The summed E-state index contributed by atoms with van der Waals surface area (Å²) in [6, 6.07) is 12.6. The Morgan fingerprint density at radius 2 is 1.50 bits per heavy atom. The van der Waals surface area contributed by atoms with Crippen LogP contribution in [0.1, 0.15) is 16.7 Å². The van der Waals surface area contributed by atoms with E-state index in [4.69, 9.17) is 0 Å². The van der Waals surface area contributed by atoms with Crippen LogP contribution in [0.5, 0.6) is 0 Å². The summed E-state index contributed by atoms with van der Waals surface area (Å²) in [5.41, 5.74) is 4.75. The van der Waals surface area contributed by atoms with E-state index in [9.17, 15) is 13.2 Å². The molecule has 0 spiro atoms. The lowest BCUT2D eigenvalue weighted by Gasteiger charge is -2.24.